The Bertz CT molecular complexity index is 550. The van der Waals surface area contributed by atoms with Crippen molar-refractivity contribution in [1.82, 2.24) is 0 Å². The van der Waals surface area contributed by atoms with Crippen molar-refractivity contribution in [2.24, 2.45) is 0 Å². The highest BCUT2D eigenvalue weighted by atomic mass is 19.1. The minimum atomic E-state index is -0.715. The first-order valence-corrected chi connectivity index (χ1v) is 5.95. The lowest BCUT2D eigenvalue weighted by atomic mass is 10.1. The van der Waals surface area contributed by atoms with Crippen LogP contribution >= 0.6 is 0 Å². The van der Waals surface area contributed by atoms with Gasteiger partial charge in [-0.1, -0.05) is 18.2 Å². The van der Waals surface area contributed by atoms with Crippen molar-refractivity contribution in [2.45, 2.75) is 19.6 Å². The van der Waals surface area contributed by atoms with E-state index in [9.17, 15) is 9.50 Å². The third kappa shape index (κ3) is 3.30. The van der Waals surface area contributed by atoms with Crippen molar-refractivity contribution in [3.63, 3.8) is 0 Å². The third-order valence-corrected chi connectivity index (χ3v) is 2.77. The molecule has 0 aromatic heterocycles. The van der Waals surface area contributed by atoms with Crippen LogP contribution < -0.4 is 4.74 Å². The molecule has 19 heavy (non-hydrogen) atoms. The van der Waals surface area contributed by atoms with Gasteiger partial charge in [0.25, 0.3) is 0 Å². The van der Waals surface area contributed by atoms with E-state index in [0.29, 0.717) is 11.3 Å². The zero-order chi connectivity index (χ0) is 13.8. The quantitative estimate of drug-likeness (QED) is 0.889. The van der Waals surface area contributed by atoms with Crippen LogP contribution in [0.1, 0.15) is 24.2 Å². The van der Waals surface area contributed by atoms with Crippen LogP contribution in [0.4, 0.5) is 4.39 Å². The van der Waals surface area contributed by atoms with Gasteiger partial charge >= 0.3 is 0 Å². The van der Waals surface area contributed by atoms with Crippen molar-refractivity contribution in [3.05, 3.63) is 59.4 Å². The Kier molecular flexibility index (Phi) is 4.14. The molecule has 0 amide bonds. The molecule has 0 saturated heterocycles. The molecule has 0 saturated carbocycles. The Morgan fingerprint density at radius 2 is 1.84 bits per heavy atom. The van der Waals surface area contributed by atoms with Crippen LogP contribution in [0.15, 0.2) is 42.5 Å². The van der Waals surface area contributed by atoms with E-state index in [1.54, 1.807) is 37.3 Å². The molecule has 0 aliphatic carbocycles. The summed E-state index contributed by atoms with van der Waals surface area (Å²) in [5, 5.41) is 18.3. The van der Waals surface area contributed by atoms with E-state index in [4.69, 9.17) is 9.84 Å². The first-order valence-electron chi connectivity index (χ1n) is 5.95. The first kappa shape index (κ1) is 13.5. The largest absolute Gasteiger partial charge is 0.454 e. The zero-order valence-corrected chi connectivity index (χ0v) is 10.5. The Balaban J connectivity index is 2.18. The van der Waals surface area contributed by atoms with E-state index >= 15 is 0 Å². The zero-order valence-electron chi connectivity index (χ0n) is 10.5. The number of aliphatic hydroxyl groups is 2. The first-order chi connectivity index (χ1) is 9.10. The van der Waals surface area contributed by atoms with Crippen LogP contribution in [0.5, 0.6) is 11.5 Å². The summed E-state index contributed by atoms with van der Waals surface area (Å²) in [6.45, 7) is 1.53. The van der Waals surface area contributed by atoms with Gasteiger partial charge < -0.3 is 14.9 Å². The SMILES string of the molecule is CC(O)c1ccc(Oc2ccc(CO)cc2)c(F)c1. The number of aliphatic hydroxyl groups excluding tert-OH is 2. The summed E-state index contributed by atoms with van der Waals surface area (Å²) in [6.07, 6.45) is -0.715. The highest BCUT2D eigenvalue weighted by Crippen LogP contribution is 2.27. The van der Waals surface area contributed by atoms with Crippen molar-refractivity contribution >= 4 is 0 Å². The molecule has 4 heteroatoms. The Labute approximate surface area is 110 Å². The summed E-state index contributed by atoms with van der Waals surface area (Å²) in [5.41, 5.74) is 1.26. The fraction of sp³-hybridized carbons (Fsp3) is 0.200. The second kappa shape index (κ2) is 5.82. The van der Waals surface area contributed by atoms with Gasteiger partial charge in [-0.05, 0) is 42.3 Å². The number of hydrogen-bond donors (Lipinski definition) is 2. The lowest BCUT2D eigenvalue weighted by molar-refractivity contribution is 0.198. The lowest BCUT2D eigenvalue weighted by Crippen LogP contribution is -1.94. The summed E-state index contributed by atoms with van der Waals surface area (Å²) < 4.78 is 19.2. The fourth-order valence-corrected chi connectivity index (χ4v) is 1.65. The molecule has 2 N–H and O–H groups in total. The van der Waals surface area contributed by atoms with Crippen LogP contribution in [0.2, 0.25) is 0 Å². The molecule has 0 bridgehead atoms. The van der Waals surface area contributed by atoms with E-state index in [1.165, 1.54) is 12.1 Å². The van der Waals surface area contributed by atoms with Gasteiger partial charge in [0.15, 0.2) is 11.6 Å². The van der Waals surface area contributed by atoms with Crippen LogP contribution in [0.25, 0.3) is 0 Å². The molecule has 0 radical (unpaired) electrons. The normalized spacial score (nSPS) is 12.2. The topological polar surface area (TPSA) is 49.7 Å². The van der Waals surface area contributed by atoms with Gasteiger partial charge in [0.05, 0.1) is 12.7 Å². The molecule has 0 heterocycles. The maximum absolute atomic E-state index is 13.8. The average Bonchev–Trinajstić information content (AvgIpc) is 2.41. The van der Waals surface area contributed by atoms with E-state index in [0.717, 1.165) is 5.56 Å². The number of hydrogen-bond acceptors (Lipinski definition) is 3. The van der Waals surface area contributed by atoms with Gasteiger partial charge in [-0.25, -0.2) is 4.39 Å². The van der Waals surface area contributed by atoms with Crippen molar-refractivity contribution < 1.29 is 19.3 Å². The van der Waals surface area contributed by atoms with E-state index in [2.05, 4.69) is 0 Å². The Morgan fingerprint density at radius 1 is 1.16 bits per heavy atom. The minimum Gasteiger partial charge on any atom is -0.454 e. The summed E-state index contributed by atoms with van der Waals surface area (Å²) in [7, 11) is 0. The molecule has 1 unspecified atom stereocenters. The fourth-order valence-electron chi connectivity index (χ4n) is 1.65. The smallest absolute Gasteiger partial charge is 0.166 e. The molecule has 2 aromatic carbocycles. The molecule has 0 spiro atoms. The summed E-state index contributed by atoms with van der Waals surface area (Å²) >= 11 is 0. The Hall–Kier alpha value is -1.91. The van der Waals surface area contributed by atoms with Gasteiger partial charge in [-0.2, -0.15) is 0 Å². The lowest BCUT2D eigenvalue weighted by Gasteiger charge is -2.10. The molecule has 0 fully saturated rings. The molecule has 1 atom stereocenters. The molecule has 2 aromatic rings. The number of halogens is 1. The number of rotatable bonds is 4. The third-order valence-electron chi connectivity index (χ3n) is 2.77. The van der Waals surface area contributed by atoms with Gasteiger partial charge in [0.1, 0.15) is 5.75 Å². The van der Waals surface area contributed by atoms with Crippen LogP contribution in [0, 0.1) is 5.82 Å². The summed E-state index contributed by atoms with van der Waals surface area (Å²) in [5.74, 6) is 0.0617. The summed E-state index contributed by atoms with van der Waals surface area (Å²) in [6, 6.07) is 11.1. The number of ether oxygens (including phenoxy) is 1. The second-order valence-corrected chi connectivity index (χ2v) is 4.27. The number of benzene rings is 2. The average molecular weight is 262 g/mol. The molecule has 0 aliphatic heterocycles. The van der Waals surface area contributed by atoms with Gasteiger partial charge in [0, 0.05) is 0 Å². The van der Waals surface area contributed by atoms with Crippen molar-refractivity contribution in [3.8, 4) is 11.5 Å². The molecule has 2 rings (SSSR count). The van der Waals surface area contributed by atoms with Gasteiger partial charge in [0.2, 0.25) is 0 Å². The maximum atomic E-state index is 13.8. The summed E-state index contributed by atoms with van der Waals surface area (Å²) in [4.78, 5) is 0. The Morgan fingerprint density at radius 3 is 2.37 bits per heavy atom. The predicted octanol–water partition coefficient (Wildman–Crippen LogP) is 3.16. The maximum Gasteiger partial charge on any atom is 0.166 e. The molecular formula is C15H15FO3. The van der Waals surface area contributed by atoms with E-state index < -0.39 is 11.9 Å². The standard InChI is InChI=1S/C15H15FO3/c1-10(18)12-4-7-15(14(16)8-12)19-13-5-2-11(9-17)3-6-13/h2-8,10,17-18H,9H2,1H3. The molecule has 3 nitrogen and oxygen atoms in total. The second-order valence-electron chi connectivity index (χ2n) is 4.27. The predicted molar refractivity (Wildman–Crippen MR) is 69.5 cm³/mol. The van der Waals surface area contributed by atoms with Crippen LogP contribution in [-0.4, -0.2) is 10.2 Å². The van der Waals surface area contributed by atoms with Gasteiger partial charge in [-0.15, -0.1) is 0 Å². The highest BCUT2D eigenvalue weighted by Gasteiger charge is 2.08. The minimum absolute atomic E-state index is 0.0439. The monoisotopic (exact) mass is 262 g/mol. The van der Waals surface area contributed by atoms with E-state index in [-0.39, 0.29) is 12.4 Å². The molecule has 0 aliphatic rings. The molecular weight excluding hydrogens is 247 g/mol. The molecule has 100 valence electrons. The highest BCUT2D eigenvalue weighted by molar-refractivity contribution is 5.36. The van der Waals surface area contributed by atoms with Crippen LogP contribution in [-0.2, 0) is 6.61 Å². The van der Waals surface area contributed by atoms with E-state index in [1.807, 2.05) is 0 Å². The van der Waals surface area contributed by atoms with Crippen LogP contribution in [0.3, 0.4) is 0 Å². The van der Waals surface area contributed by atoms with Gasteiger partial charge in [-0.3, -0.25) is 0 Å². The van der Waals surface area contributed by atoms with Crippen molar-refractivity contribution in [2.75, 3.05) is 0 Å². The van der Waals surface area contributed by atoms with Crippen molar-refractivity contribution in [1.29, 1.82) is 0 Å².